The summed E-state index contributed by atoms with van der Waals surface area (Å²) in [4.78, 5) is 6.26. The highest BCUT2D eigenvalue weighted by Gasteiger charge is 2.03. The van der Waals surface area contributed by atoms with Gasteiger partial charge in [-0.15, -0.1) is 0 Å². The summed E-state index contributed by atoms with van der Waals surface area (Å²) in [6.07, 6.45) is 1.75. The fraction of sp³-hybridized carbons (Fsp3) is 0.455. The third-order valence-corrected chi connectivity index (χ3v) is 2.24. The molecule has 0 fully saturated rings. The van der Waals surface area contributed by atoms with Crippen molar-refractivity contribution in [1.29, 1.82) is 5.26 Å². The van der Waals surface area contributed by atoms with Crippen molar-refractivity contribution in [3.05, 3.63) is 24.0 Å². The largest absolute Gasteiger partial charge is 0.369 e. The van der Waals surface area contributed by atoms with Crippen molar-refractivity contribution < 1.29 is 0 Å². The third kappa shape index (κ3) is 3.22. The van der Waals surface area contributed by atoms with Gasteiger partial charge in [0.15, 0.2) is 0 Å². The van der Waals surface area contributed by atoms with E-state index in [9.17, 15) is 0 Å². The van der Waals surface area contributed by atoms with Gasteiger partial charge in [-0.3, -0.25) is 0 Å². The number of pyridine rings is 1. The van der Waals surface area contributed by atoms with Gasteiger partial charge in [-0.05, 0) is 26.1 Å². The Morgan fingerprint density at radius 3 is 2.80 bits per heavy atom. The van der Waals surface area contributed by atoms with Crippen molar-refractivity contribution in [2.75, 3.05) is 31.6 Å². The molecular weight excluding hydrogens is 188 g/mol. The second kappa shape index (κ2) is 5.99. The summed E-state index contributed by atoms with van der Waals surface area (Å²) < 4.78 is 0. The normalized spacial score (nSPS) is 9.67. The van der Waals surface area contributed by atoms with Gasteiger partial charge in [-0.25, -0.2) is 4.98 Å². The van der Waals surface area contributed by atoms with Gasteiger partial charge in [-0.1, -0.05) is 0 Å². The Morgan fingerprint density at radius 2 is 2.33 bits per heavy atom. The summed E-state index contributed by atoms with van der Waals surface area (Å²) in [6.45, 7) is 4.93. The molecule has 0 bridgehead atoms. The number of anilines is 1. The first kappa shape index (κ1) is 11.5. The number of likely N-dealkylation sites (N-methyl/N-ethyl adjacent to an activating group) is 2. The van der Waals surface area contributed by atoms with Crippen LogP contribution in [0, 0.1) is 11.3 Å². The predicted molar refractivity (Wildman–Crippen MR) is 60.8 cm³/mol. The fourth-order valence-corrected chi connectivity index (χ4v) is 1.36. The van der Waals surface area contributed by atoms with Crippen LogP contribution in [0.4, 0.5) is 5.69 Å². The first-order valence-electron chi connectivity index (χ1n) is 5.07. The van der Waals surface area contributed by atoms with E-state index in [-0.39, 0.29) is 0 Å². The lowest BCUT2D eigenvalue weighted by Crippen LogP contribution is -2.30. The third-order valence-electron chi connectivity index (χ3n) is 2.24. The van der Waals surface area contributed by atoms with Crippen LogP contribution in [0.3, 0.4) is 0 Å². The van der Waals surface area contributed by atoms with Crippen LogP contribution in [0.1, 0.15) is 12.6 Å². The maximum absolute atomic E-state index is 8.63. The van der Waals surface area contributed by atoms with Crippen molar-refractivity contribution in [1.82, 2.24) is 10.3 Å². The summed E-state index contributed by atoms with van der Waals surface area (Å²) in [6, 6.07) is 5.69. The van der Waals surface area contributed by atoms with Crippen LogP contribution in [-0.4, -0.2) is 31.7 Å². The zero-order valence-corrected chi connectivity index (χ0v) is 9.20. The molecular formula is C11H16N4. The molecule has 1 aromatic rings. The van der Waals surface area contributed by atoms with Gasteiger partial charge in [0.1, 0.15) is 11.8 Å². The van der Waals surface area contributed by atoms with Gasteiger partial charge in [0.05, 0.1) is 11.9 Å². The molecule has 15 heavy (non-hydrogen) atoms. The zero-order valence-electron chi connectivity index (χ0n) is 9.20. The van der Waals surface area contributed by atoms with Crippen molar-refractivity contribution >= 4 is 5.69 Å². The summed E-state index contributed by atoms with van der Waals surface area (Å²) in [5, 5.41) is 11.7. The number of nitriles is 1. The Hall–Kier alpha value is -1.60. The minimum absolute atomic E-state index is 0.461. The van der Waals surface area contributed by atoms with Gasteiger partial charge in [-0.2, -0.15) is 5.26 Å². The van der Waals surface area contributed by atoms with E-state index in [4.69, 9.17) is 5.26 Å². The minimum Gasteiger partial charge on any atom is -0.369 e. The van der Waals surface area contributed by atoms with Gasteiger partial charge < -0.3 is 10.2 Å². The smallest absolute Gasteiger partial charge is 0.140 e. The second-order valence-corrected chi connectivity index (χ2v) is 3.20. The maximum Gasteiger partial charge on any atom is 0.140 e. The average molecular weight is 204 g/mol. The van der Waals surface area contributed by atoms with Crippen molar-refractivity contribution in [2.24, 2.45) is 0 Å². The molecule has 0 saturated carbocycles. The fourth-order valence-electron chi connectivity index (χ4n) is 1.36. The molecule has 0 radical (unpaired) electrons. The van der Waals surface area contributed by atoms with E-state index in [1.54, 1.807) is 12.3 Å². The average Bonchev–Trinajstić information content (AvgIpc) is 2.31. The first-order valence-corrected chi connectivity index (χ1v) is 5.07. The molecule has 1 rings (SSSR count). The van der Waals surface area contributed by atoms with Gasteiger partial charge in [0, 0.05) is 19.6 Å². The predicted octanol–water partition coefficient (Wildman–Crippen LogP) is 0.999. The Balaban J connectivity index is 2.70. The standard InChI is InChI=1S/C11H16N4/c1-3-15(7-6-13-2)11-5-4-10(8-12)14-9-11/h4-5,9,13H,3,6-7H2,1-2H3. The van der Waals surface area contributed by atoms with Crippen molar-refractivity contribution in [3.63, 3.8) is 0 Å². The Labute approximate surface area is 90.5 Å². The van der Waals surface area contributed by atoms with E-state index in [1.165, 1.54) is 0 Å². The topological polar surface area (TPSA) is 52.0 Å². The highest BCUT2D eigenvalue weighted by atomic mass is 15.1. The lowest BCUT2D eigenvalue weighted by molar-refractivity contribution is 0.735. The first-order chi connectivity index (χ1) is 7.31. The highest BCUT2D eigenvalue weighted by Crippen LogP contribution is 2.11. The second-order valence-electron chi connectivity index (χ2n) is 3.20. The highest BCUT2D eigenvalue weighted by molar-refractivity contribution is 5.45. The molecule has 0 aromatic carbocycles. The Kier molecular flexibility index (Phi) is 4.58. The number of aromatic nitrogens is 1. The molecule has 4 heteroatoms. The van der Waals surface area contributed by atoms with Crippen molar-refractivity contribution in [3.8, 4) is 6.07 Å². The van der Waals surface area contributed by atoms with E-state index in [1.807, 2.05) is 19.2 Å². The summed E-state index contributed by atoms with van der Waals surface area (Å²) in [7, 11) is 1.94. The van der Waals surface area contributed by atoms with E-state index in [0.29, 0.717) is 5.69 Å². The van der Waals surface area contributed by atoms with E-state index in [2.05, 4.69) is 22.1 Å². The van der Waals surface area contributed by atoms with Crippen molar-refractivity contribution in [2.45, 2.75) is 6.92 Å². The molecule has 4 nitrogen and oxygen atoms in total. The SMILES string of the molecule is CCN(CCNC)c1ccc(C#N)nc1. The molecule has 0 spiro atoms. The monoisotopic (exact) mass is 204 g/mol. The van der Waals surface area contributed by atoms with E-state index in [0.717, 1.165) is 25.3 Å². The van der Waals surface area contributed by atoms with Crippen LogP contribution < -0.4 is 10.2 Å². The molecule has 80 valence electrons. The molecule has 0 amide bonds. The molecule has 0 aliphatic heterocycles. The lowest BCUT2D eigenvalue weighted by Gasteiger charge is -2.22. The summed E-state index contributed by atoms with van der Waals surface area (Å²) in [5.74, 6) is 0. The van der Waals surface area contributed by atoms with Crippen LogP contribution >= 0.6 is 0 Å². The lowest BCUT2D eigenvalue weighted by atomic mass is 10.3. The van der Waals surface area contributed by atoms with Gasteiger partial charge >= 0.3 is 0 Å². The molecule has 0 unspecified atom stereocenters. The van der Waals surface area contributed by atoms with Crippen LogP contribution in [0.2, 0.25) is 0 Å². The molecule has 0 aliphatic carbocycles. The molecule has 0 saturated heterocycles. The van der Waals surface area contributed by atoms with E-state index >= 15 is 0 Å². The molecule has 1 aromatic heterocycles. The molecule has 0 atom stereocenters. The number of nitrogens with zero attached hydrogens (tertiary/aromatic N) is 3. The Morgan fingerprint density at radius 1 is 1.53 bits per heavy atom. The van der Waals surface area contributed by atoms with Gasteiger partial charge in [0.25, 0.3) is 0 Å². The maximum atomic E-state index is 8.63. The van der Waals surface area contributed by atoms with Gasteiger partial charge in [0.2, 0.25) is 0 Å². The van der Waals surface area contributed by atoms with Crippen LogP contribution in [-0.2, 0) is 0 Å². The minimum atomic E-state index is 0.461. The quantitative estimate of drug-likeness (QED) is 0.777. The van der Waals surface area contributed by atoms with E-state index < -0.39 is 0 Å². The number of hydrogen-bond donors (Lipinski definition) is 1. The summed E-state index contributed by atoms with van der Waals surface area (Å²) >= 11 is 0. The number of hydrogen-bond acceptors (Lipinski definition) is 4. The molecule has 1 N–H and O–H groups in total. The molecule has 1 heterocycles. The number of rotatable bonds is 5. The molecule has 0 aliphatic rings. The summed E-state index contributed by atoms with van der Waals surface area (Å²) in [5.41, 5.74) is 1.52. The zero-order chi connectivity index (χ0) is 11.1. The number of nitrogens with one attached hydrogen (secondary N) is 1. The van der Waals surface area contributed by atoms with Crippen LogP contribution in [0.15, 0.2) is 18.3 Å². The Bertz CT molecular complexity index is 325. The van der Waals surface area contributed by atoms with Crippen LogP contribution in [0.5, 0.6) is 0 Å². The van der Waals surface area contributed by atoms with Crippen LogP contribution in [0.25, 0.3) is 0 Å².